The highest BCUT2D eigenvalue weighted by molar-refractivity contribution is 7.88. The zero-order valence-electron chi connectivity index (χ0n) is 16.9. The van der Waals surface area contributed by atoms with E-state index >= 15 is 0 Å². The highest BCUT2D eigenvalue weighted by atomic mass is 32.2. The Morgan fingerprint density at radius 1 is 1.00 bits per heavy atom. The summed E-state index contributed by atoms with van der Waals surface area (Å²) in [5.41, 5.74) is 2.48. The molecule has 0 atom stereocenters. The van der Waals surface area contributed by atoms with Gasteiger partial charge in [-0.05, 0) is 47.5 Å². The molecule has 6 nitrogen and oxygen atoms in total. The van der Waals surface area contributed by atoms with E-state index in [9.17, 15) is 8.42 Å². The van der Waals surface area contributed by atoms with Gasteiger partial charge >= 0.3 is 10.2 Å². The quantitative estimate of drug-likeness (QED) is 0.675. The van der Waals surface area contributed by atoms with Crippen LogP contribution in [0.4, 0.5) is 5.69 Å². The Morgan fingerprint density at radius 2 is 1.73 bits per heavy atom. The lowest BCUT2D eigenvalue weighted by Gasteiger charge is -2.26. The number of amidine groups is 1. The number of fused-ring (bicyclic) bond motifs is 1. The van der Waals surface area contributed by atoms with Crippen molar-refractivity contribution in [2.45, 2.75) is 13.3 Å². The van der Waals surface area contributed by atoms with Gasteiger partial charge < -0.3 is 9.64 Å². The predicted molar refractivity (Wildman–Crippen MR) is 121 cm³/mol. The number of ether oxygens (including phenoxy) is 1. The molecule has 3 aromatic carbocycles. The van der Waals surface area contributed by atoms with Crippen LogP contribution in [0.3, 0.4) is 0 Å². The first-order valence-electron chi connectivity index (χ1n) is 9.70. The molecule has 0 spiro atoms. The molecule has 7 heteroatoms. The number of hydrogen-bond acceptors (Lipinski definition) is 4. The molecule has 1 heterocycles. The van der Waals surface area contributed by atoms with Crippen LogP contribution in [0.5, 0.6) is 5.75 Å². The summed E-state index contributed by atoms with van der Waals surface area (Å²) in [6.45, 7) is 2.53. The van der Waals surface area contributed by atoms with E-state index in [0.29, 0.717) is 24.5 Å². The molecule has 0 bridgehead atoms. The maximum atomic E-state index is 12.5. The van der Waals surface area contributed by atoms with E-state index in [-0.39, 0.29) is 0 Å². The number of likely N-dealkylation sites (N-methyl/N-ethyl adjacent to an activating group) is 1. The second-order valence-corrected chi connectivity index (χ2v) is 8.29. The molecule has 0 aliphatic carbocycles. The van der Waals surface area contributed by atoms with Crippen LogP contribution in [0.15, 0.2) is 82.9 Å². The number of anilines is 1. The minimum Gasteiger partial charge on any atom is -0.497 e. The summed E-state index contributed by atoms with van der Waals surface area (Å²) in [7, 11) is -2.22. The smallest absolute Gasteiger partial charge is 0.343 e. The summed E-state index contributed by atoms with van der Waals surface area (Å²) in [5, 5.41) is 2.23. The average molecular weight is 422 g/mol. The molecule has 0 amide bonds. The lowest BCUT2D eigenvalue weighted by atomic mass is 10.0. The molecule has 0 unspecified atom stereocenters. The first kappa shape index (κ1) is 20.0. The van der Waals surface area contributed by atoms with E-state index in [1.807, 2.05) is 78.6 Å². The van der Waals surface area contributed by atoms with Gasteiger partial charge in [0.15, 0.2) is 0 Å². The Morgan fingerprint density at radius 3 is 2.47 bits per heavy atom. The number of allylic oxidation sites excluding steroid dienone is 1. The summed E-state index contributed by atoms with van der Waals surface area (Å²) in [6.07, 6.45) is 2.26. The normalized spacial score (nSPS) is 15.1. The zero-order chi connectivity index (χ0) is 21.1. The number of nitrogens with one attached hydrogen (secondary N) is 1. The topological polar surface area (TPSA) is 71.0 Å². The SMILES string of the molecule is CCN(C1=NS(=O)(=O)NC(Cc2cccc3ccccc23)=C1)c1ccc(OC)cc1. The van der Waals surface area contributed by atoms with Crippen molar-refractivity contribution < 1.29 is 13.2 Å². The first-order chi connectivity index (χ1) is 14.5. The minimum absolute atomic E-state index is 0.386. The molecule has 0 radical (unpaired) electrons. The summed E-state index contributed by atoms with van der Waals surface area (Å²) >= 11 is 0. The molecule has 1 N–H and O–H groups in total. The lowest BCUT2D eigenvalue weighted by molar-refractivity contribution is 0.415. The van der Waals surface area contributed by atoms with Gasteiger partial charge in [-0.2, -0.15) is 8.42 Å². The van der Waals surface area contributed by atoms with Gasteiger partial charge in [0.1, 0.15) is 11.6 Å². The average Bonchev–Trinajstić information content (AvgIpc) is 2.74. The van der Waals surface area contributed by atoms with Gasteiger partial charge in [0.25, 0.3) is 0 Å². The lowest BCUT2D eigenvalue weighted by Crippen LogP contribution is -2.36. The molecular weight excluding hydrogens is 398 g/mol. The third kappa shape index (κ3) is 4.16. The van der Waals surface area contributed by atoms with Crippen LogP contribution in [0.2, 0.25) is 0 Å². The van der Waals surface area contributed by atoms with Gasteiger partial charge in [-0.1, -0.05) is 42.5 Å². The minimum atomic E-state index is -3.83. The van der Waals surface area contributed by atoms with E-state index < -0.39 is 10.2 Å². The fraction of sp³-hybridized carbons (Fsp3) is 0.174. The molecule has 1 aliphatic rings. The third-order valence-corrected chi connectivity index (χ3v) is 5.96. The van der Waals surface area contributed by atoms with Crippen LogP contribution in [-0.4, -0.2) is 27.9 Å². The van der Waals surface area contributed by atoms with Gasteiger partial charge in [-0.15, -0.1) is 4.40 Å². The molecule has 1 aliphatic heterocycles. The highest BCUT2D eigenvalue weighted by Gasteiger charge is 2.22. The monoisotopic (exact) mass is 421 g/mol. The Balaban J connectivity index is 1.70. The fourth-order valence-corrected chi connectivity index (χ4v) is 4.53. The van der Waals surface area contributed by atoms with Gasteiger partial charge in [-0.3, -0.25) is 4.72 Å². The van der Waals surface area contributed by atoms with Crippen LogP contribution in [0.1, 0.15) is 12.5 Å². The molecule has 0 aromatic heterocycles. The Bertz CT molecular complexity index is 1230. The second-order valence-electron chi connectivity index (χ2n) is 6.95. The van der Waals surface area contributed by atoms with Crippen molar-refractivity contribution >= 4 is 32.5 Å². The summed E-state index contributed by atoms with van der Waals surface area (Å²) in [6, 6.07) is 21.6. The van der Waals surface area contributed by atoms with Crippen molar-refractivity contribution in [1.29, 1.82) is 0 Å². The van der Waals surface area contributed by atoms with Crippen LogP contribution in [0, 0.1) is 0 Å². The summed E-state index contributed by atoms with van der Waals surface area (Å²) in [5.74, 6) is 1.12. The van der Waals surface area contributed by atoms with Crippen molar-refractivity contribution in [2.75, 3.05) is 18.6 Å². The highest BCUT2D eigenvalue weighted by Crippen LogP contribution is 2.24. The van der Waals surface area contributed by atoms with E-state index in [2.05, 4.69) is 9.12 Å². The van der Waals surface area contributed by atoms with Crippen LogP contribution < -0.4 is 14.4 Å². The van der Waals surface area contributed by atoms with Gasteiger partial charge in [0.05, 0.1) is 7.11 Å². The zero-order valence-corrected chi connectivity index (χ0v) is 17.7. The molecular formula is C23H23N3O3S. The Labute approximate surface area is 176 Å². The van der Waals surface area contributed by atoms with Crippen molar-refractivity contribution in [3.05, 3.63) is 84.1 Å². The molecule has 4 rings (SSSR count). The molecule has 0 fully saturated rings. The van der Waals surface area contributed by atoms with Gasteiger partial charge in [-0.25, -0.2) is 0 Å². The Kier molecular flexibility index (Phi) is 5.46. The van der Waals surface area contributed by atoms with Crippen LogP contribution in [0.25, 0.3) is 10.8 Å². The van der Waals surface area contributed by atoms with Crippen molar-refractivity contribution in [1.82, 2.24) is 4.72 Å². The van der Waals surface area contributed by atoms with Gasteiger partial charge in [0.2, 0.25) is 0 Å². The molecule has 0 saturated heterocycles. The molecule has 0 saturated carbocycles. The predicted octanol–water partition coefficient (Wildman–Crippen LogP) is 4.05. The second kappa shape index (κ2) is 8.20. The summed E-state index contributed by atoms with van der Waals surface area (Å²) in [4.78, 5) is 1.86. The number of methoxy groups -OCH3 is 1. The maximum Gasteiger partial charge on any atom is 0.343 e. The van der Waals surface area contributed by atoms with E-state index in [1.54, 1.807) is 13.2 Å². The standard InChI is InChI=1S/C23H23N3O3S/c1-3-26(20-11-13-21(29-2)14-12-20)23-16-19(24-30(27,28)25-23)15-18-9-6-8-17-7-4-5-10-22(17)18/h4-14,16,24H,3,15H2,1-2H3. The largest absolute Gasteiger partial charge is 0.497 e. The van der Waals surface area contributed by atoms with Crippen LogP contribution in [-0.2, 0) is 16.6 Å². The first-order valence-corrected chi connectivity index (χ1v) is 11.1. The molecule has 154 valence electrons. The van der Waals surface area contributed by atoms with E-state index in [1.165, 1.54) is 0 Å². The van der Waals surface area contributed by atoms with Crippen molar-refractivity contribution in [3.63, 3.8) is 0 Å². The molecule has 3 aromatic rings. The molecule has 30 heavy (non-hydrogen) atoms. The number of rotatable bonds is 5. The maximum absolute atomic E-state index is 12.5. The summed E-state index contributed by atoms with van der Waals surface area (Å²) < 4.78 is 36.7. The number of nitrogens with zero attached hydrogens (tertiary/aromatic N) is 2. The van der Waals surface area contributed by atoms with Gasteiger partial charge in [0, 0.05) is 30.4 Å². The number of hydrogen-bond donors (Lipinski definition) is 1. The third-order valence-electron chi connectivity index (χ3n) is 5.01. The van der Waals surface area contributed by atoms with Crippen LogP contribution >= 0.6 is 0 Å². The Hall–Kier alpha value is -3.32. The van der Waals surface area contributed by atoms with E-state index in [4.69, 9.17) is 4.74 Å². The number of benzene rings is 3. The van der Waals surface area contributed by atoms with E-state index in [0.717, 1.165) is 27.8 Å². The fourth-order valence-electron chi connectivity index (χ4n) is 3.63. The van der Waals surface area contributed by atoms with Crippen molar-refractivity contribution in [2.24, 2.45) is 4.40 Å². The van der Waals surface area contributed by atoms with Crippen molar-refractivity contribution in [3.8, 4) is 5.75 Å².